The van der Waals surface area contributed by atoms with Gasteiger partial charge < -0.3 is 19.4 Å². The highest BCUT2D eigenvalue weighted by molar-refractivity contribution is 5.97. The van der Waals surface area contributed by atoms with Gasteiger partial charge in [0.05, 0.1) is 12.8 Å². The molecule has 0 atom stereocenters. The van der Waals surface area contributed by atoms with Gasteiger partial charge in [0.25, 0.3) is 5.91 Å². The molecule has 5 rings (SSSR count). The number of rotatable bonds is 8. The number of aryl methyl sites for hydroxylation is 1. The summed E-state index contributed by atoms with van der Waals surface area (Å²) in [6.45, 7) is 4.91. The Balaban J connectivity index is 1.25. The van der Waals surface area contributed by atoms with Crippen molar-refractivity contribution in [2.45, 2.75) is 19.9 Å². The predicted octanol–water partition coefficient (Wildman–Crippen LogP) is 4.84. The van der Waals surface area contributed by atoms with Crippen molar-refractivity contribution >= 4 is 17.6 Å². The Hall–Kier alpha value is -4.72. The van der Waals surface area contributed by atoms with Gasteiger partial charge in [-0.15, -0.1) is 10.2 Å². The molecule has 0 aliphatic carbocycles. The first-order valence-electron chi connectivity index (χ1n) is 13.9. The zero-order valence-electron chi connectivity index (χ0n) is 23.6. The second kappa shape index (κ2) is 13.1. The minimum absolute atomic E-state index is 0.0249. The molecule has 3 aromatic carbocycles. The zero-order valence-corrected chi connectivity index (χ0v) is 23.6. The molecule has 8 nitrogen and oxygen atoms in total. The zero-order chi connectivity index (χ0) is 28.6. The van der Waals surface area contributed by atoms with Crippen molar-refractivity contribution in [3.63, 3.8) is 0 Å². The summed E-state index contributed by atoms with van der Waals surface area (Å²) in [5.74, 6) is 1.37. The SMILES string of the molecule is COc1cccc(-c2ccc(N3CCCN(C(=O)CN(Cc4ccccc4)C(=O)c4ccccc4C)CC3)nn2)c1. The first kappa shape index (κ1) is 27.8. The third-order valence-electron chi connectivity index (χ3n) is 7.39. The number of hydrogen-bond acceptors (Lipinski definition) is 6. The molecule has 0 saturated carbocycles. The smallest absolute Gasteiger partial charge is 0.254 e. The summed E-state index contributed by atoms with van der Waals surface area (Å²) in [7, 11) is 1.64. The molecule has 210 valence electrons. The quantitative estimate of drug-likeness (QED) is 0.313. The maximum absolute atomic E-state index is 13.6. The van der Waals surface area contributed by atoms with Crippen molar-refractivity contribution in [1.29, 1.82) is 0 Å². The predicted molar refractivity (Wildman–Crippen MR) is 160 cm³/mol. The number of carbonyl (C=O) groups excluding carboxylic acids is 2. The Morgan fingerprint density at radius 2 is 1.66 bits per heavy atom. The number of hydrogen-bond donors (Lipinski definition) is 0. The summed E-state index contributed by atoms with van der Waals surface area (Å²) < 4.78 is 5.32. The molecule has 2 heterocycles. The minimum Gasteiger partial charge on any atom is -0.497 e. The molecular formula is C33H35N5O3. The van der Waals surface area contributed by atoms with Gasteiger partial charge in [0.15, 0.2) is 5.82 Å². The average molecular weight is 550 g/mol. The first-order chi connectivity index (χ1) is 20.0. The Bertz CT molecular complexity index is 1480. The molecule has 8 heteroatoms. The highest BCUT2D eigenvalue weighted by Crippen LogP contribution is 2.23. The van der Waals surface area contributed by atoms with Gasteiger partial charge in [-0.1, -0.05) is 60.7 Å². The number of methoxy groups -OCH3 is 1. The van der Waals surface area contributed by atoms with Crippen molar-refractivity contribution in [3.05, 3.63) is 108 Å². The molecule has 41 heavy (non-hydrogen) atoms. The standard InChI is InChI=1S/C33H35N5O3/c1-25-10-6-7-15-29(25)33(40)38(23-26-11-4-3-5-12-26)24-32(39)37-19-9-18-36(20-21-37)31-17-16-30(34-35-31)27-13-8-14-28(22-27)41-2/h3-8,10-17,22H,9,18-21,23-24H2,1-2H3. The van der Waals surface area contributed by atoms with Crippen LogP contribution in [-0.4, -0.2) is 71.6 Å². The summed E-state index contributed by atoms with van der Waals surface area (Å²) in [5, 5.41) is 8.93. The fourth-order valence-corrected chi connectivity index (χ4v) is 5.08. The highest BCUT2D eigenvalue weighted by atomic mass is 16.5. The summed E-state index contributed by atoms with van der Waals surface area (Å²) in [6.07, 6.45) is 0.801. The van der Waals surface area contributed by atoms with Crippen LogP contribution in [0.25, 0.3) is 11.3 Å². The molecule has 0 N–H and O–H groups in total. The molecule has 1 fully saturated rings. The van der Waals surface area contributed by atoms with E-state index < -0.39 is 0 Å². The first-order valence-corrected chi connectivity index (χ1v) is 13.9. The monoisotopic (exact) mass is 549 g/mol. The normalized spacial score (nSPS) is 13.4. The lowest BCUT2D eigenvalue weighted by Gasteiger charge is -2.27. The second-order valence-corrected chi connectivity index (χ2v) is 10.2. The fourth-order valence-electron chi connectivity index (χ4n) is 5.08. The van der Waals surface area contributed by atoms with Gasteiger partial charge in [-0.25, -0.2) is 0 Å². The van der Waals surface area contributed by atoms with Gasteiger partial charge in [-0.3, -0.25) is 9.59 Å². The summed E-state index contributed by atoms with van der Waals surface area (Å²) in [6, 6.07) is 29.0. The van der Waals surface area contributed by atoms with E-state index in [1.54, 1.807) is 12.0 Å². The molecule has 1 aromatic heterocycles. The van der Waals surface area contributed by atoms with Crippen molar-refractivity contribution in [1.82, 2.24) is 20.0 Å². The van der Waals surface area contributed by atoms with E-state index in [0.29, 0.717) is 31.7 Å². The van der Waals surface area contributed by atoms with Crippen LogP contribution in [0.4, 0.5) is 5.82 Å². The maximum atomic E-state index is 13.6. The van der Waals surface area contributed by atoms with Gasteiger partial charge in [0.1, 0.15) is 12.3 Å². The lowest BCUT2D eigenvalue weighted by molar-refractivity contribution is -0.131. The topological polar surface area (TPSA) is 78.9 Å². The van der Waals surface area contributed by atoms with E-state index in [9.17, 15) is 9.59 Å². The number of amides is 2. The molecule has 1 aliphatic rings. The number of aromatic nitrogens is 2. The number of nitrogens with zero attached hydrogens (tertiary/aromatic N) is 5. The van der Waals surface area contributed by atoms with E-state index >= 15 is 0 Å². The number of carbonyl (C=O) groups is 2. The van der Waals surface area contributed by atoms with Gasteiger partial charge >= 0.3 is 0 Å². The van der Waals surface area contributed by atoms with Crippen molar-refractivity contribution in [3.8, 4) is 17.0 Å². The van der Waals surface area contributed by atoms with E-state index in [1.807, 2.05) is 103 Å². The van der Waals surface area contributed by atoms with Crippen LogP contribution >= 0.6 is 0 Å². The molecule has 1 saturated heterocycles. The van der Waals surface area contributed by atoms with Crippen LogP contribution in [0.15, 0.2) is 91.0 Å². The Morgan fingerprint density at radius 1 is 0.854 bits per heavy atom. The van der Waals surface area contributed by atoms with E-state index in [-0.39, 0.29) is 18.4 Å². The molecule has 4 aromatic rings. The maximum Gasteiger partial charge on any atom is 0.254 e. The molecule has 0 spiro atoms. The Labute approximate surface area is 241 Å². The van der Waals surface area contributed by atoms with Crippen LogP contribution < -0.4 is 9.64 Å². The molecule has 0 radical (unpaired) electrons. The molecular weight excluding hydrogens is 514 g/mol. The molecule has 1 aliphatic heterocycles. The van der Waals surface area contributed by atoms with Crippen LogP contribution in [0.3, 0.4) is 0 Å². The van der Waals surface area contributed by atoms with Crippen LogP contribution in [0.5, 0.6) is 5.75 Å². The van der Waals surface area contributed by atoms with Crippen LogP contribution in [0.1, 0.15) is 27.9 Å². The van der Waals surface area contributed by atoms with E-state index in [0.717, 1.165) is 46.9 Å². The third-order valence-corrected chi connectivity index (χ3v) is 7.39. The second-order valence-electron chi connectivity index (χ2n) is 10.2. The van der Waals surface area contributed by atoms with E-state index in [2.05, 4.69) is 15.1 Å². The summed E-state index contributed by atoms with van der Waals surface area (Å²) in [4.78, 5) is 32.8. The third kappa shape index (κ3) is 6.90. The molecule has 2 amide bonds. The van der Waals surface area contributed by atoms with Gasteiger partial charge in [0.2, 0.25) is 5.91 Å². The van der Waals surface area contributed by atoms with Gasteiger partial charge in [-0.05, 0) is 54.8 Å². The molecule has 0 bridgehead atoms. The van der Waals surface area contributed by atoms with Gasteiger partial charge in [-0.2, -0.15) is 0 Å². The lowest BCUT2D eigenvalue weighted by atomic mass is 10.1. The van der Waals surface area contributed by atoms with Crippen LogP contribution in [-0.2, 0) is 11.3 Å². The Morgan fingerprint density at radius 3 is 2.41 bits per heavy atom. The van der Waals surface area contributed by atoms with Crippen molar-refractivity contribution in [2.24, 2.45) is 0 Å². The van der Waals surface area contributed by atoms with E-state index in [1.165, 1.54) is 0 Å². The number of anilines is 1. The van der Waals surface area contributed by atoms with Gasteiger partial charge in [0, 0.05) is 43.9 Å². The minimum atomic E-state index is -0.136. The number of benzene rings is 3. The van der Waals surface area contributed by atoms with Crippen molar-refractivity contribution in [2.75, 3.05) is 44.7 Å². The molecule has 0 unspecified atom stereocenters. The summed E-state index contributed by atoms with van der Waals surface area (Å²) in [5.41, 5.74) is 4.22. The summed E-state index contributed by atoms with van der Waals surface area (Å²) >= 11 is 0. The lowest BCUT2D eigenvalue weighted by Crippen LogP contribution is -2.44. The number of ether oxygens (including phenoxy) is 1. The average Bonchev–Trinajstić information content (AvgIpc) is 3.28. The van der Waals surface area contributed by atoms with Crippen LogP contribution in [0.2, 0.25) is 0 Å². The largest absolute Gasteiger partial charge is 0.497 e. The fraction of sp³-hybridized carbons (Fsp3) is 0.273. The Kier molecular flexibility index (Phi) is 8.89. The highest BCUT2D eigenvalue weighted by Gasteiger charge is 2.25. The van der Waals surface area contributed by atoms with Crippen molar-refractivity contribution < 1.29 is 14.3 Å². The van der Waals surface area contributed by atoms with E-state index in [4.69, 9.17) is 4.74 Å². The van der Waals surface area contributed by atoms with Crippen LogP contribution in [0, 0.1) is 6.92 Å².